The SMILES string of the molecule is N#Cc1ccc(C(=O)N(C(N)=N[C@@H](Cn2ccnc2)c2ccc(Cl)cc2Cl)c2ccc(Cl)cc2)cc1. The van der Waals surface area contributed by atoms with Crippen LogP contribution in [0, 0.1) is 11.3 Å². The zero-order valence-corrected chi connectivity index (χ0v) is 21.0. The molecule has 0 saturated heterocycles. The molecule has 4 aromatic rings. The van der Waals surface area contributed by atoms with Crippen molar-refractivity contribution >= 4 is 52.4 Å². The molecule has 1 aromatic heterocycles. The van der Waals surface area contributed by atoms with Gasteiger partial charge in [0, 0.05) is 33.0 Å². The van der Waals surface area contributed by atoms with Crippen LogP contribution in [-0.4, -0.2) is 21.4 Å². The van der Waals surface area contributed by atoms with Crippen LogP contribution >= 0.6 is 34.8 Å². The first kappa shape index (κ1) is 25.3. The average molecular weight is 538 g/mol. The van der Waals surface area contributed by atoms with Gasteiger partial charge in [-0.1, -0.05) is 40.9 Å². The molecule has 0 aliphatic rings. The summed E-state index contributed by atoms with van der Waals surface area (Å²) in [4.78, 5) is 23.7. The summed E-state index contributed by atoms with van der Waals surface area (Å²) >= 11 is 18.7. The van der Waals surface area contributed by atoms with Gasteiger partial charge in [-0.3, -0.25) is 4.79 Å². The van der Waals surface area contributed by atoms with E-state index in [4.69, 9.17) is 50.8 Å². The predicted octanol–water partition coefficient (Wildman–Crippen LogP) is 6.12. The maximum Gasteiger partial charge on any atom is 0.265 e. The Labute approximate surface area is 223 Å². The number of halogens is 3. The molecule has 0 spiro atoms. The number of aromatic nitrogens is 2. The molecule has 10 heteroatoms. The zero-order chi connectivity index (χ0) is 25.7. The van der Waals surface area contributed by atoms with Crippen LogP contribution < -0.4 is 10.6 Å². The number of nitrogens with two attached hydrogens (primary N) is 1. The van der Waals surface area contributed by atoms with Crippen LogP contribution in [0.2, 0.25) is 15.1 Å². The second-order valence-electron chi connectivity index (χ2n) is 7.73. The Bertz CT molecular complexity index is 1430. The number of amides is 1. The molecule has 0 bridgehead atoms. The van der Waals surface area contributed by atoms with Gasteiger partial charge in [-0.15, -0.1) is 0 Å². The van der Waals surface area contributed by atoms with E-state index in [2.05, 4.69) is 4.98 Å². The fourth-order valence-corrected chi connectivity index (χ4v) is 4.21. The lowest BCUT2D eigenvalue weighted by atomic mass is 10.1. The minimum absolute atomic E-state index is 0.0529. The topological polar surface area (TPSA) is 100 Å². The summed E-state index contributed by atoms with van der Waals surface area (Å²) in [5, 5.41) is 10.5. The predicted molar refractivity (Wildman–Crippen MR) is 142 cm³/mol. The van der Waals surface area contributed by atoms with E-state index in [1.807, 2.05) is 10.6 Å². The molecule has 180 valence electrons. The Hall–Kier alpha value is -3.83. The van der Waals surface area contributed by atoms with E-state index < -0.39 is 11.9 Å². The number of carbonyl (C=O) groups excluding carboxylic acids is 1. The second kappa shape index (κ2) is 11.3. The second-order valence-corrected chi connectivity index (χ2v) is 9.01. The van der Waals surface area contributed by atoms with Crippen molar-refractivity contribution < 1.29 is 4.79 Å². The lowest BCUT2D eigenvalue weighted by Crippen LogP contribution is -2.42. The van der Waals surface area contributed by atoms with Crippen molar-refractivity contribution in [3.05, 3.63) is 117 Å². The van der Waals surface area contributed by atoms with E-state index in [9.17, 15) is 4.79 Å². The lowest BCUT2D eigenvalue weighted by molar-refractivity contribution is 0.100. The molecule has 0 saturated carbocycles. The number of aliphatic imine (C=N–C) groups is 1. The molecular weight excluding hydrogens is 519 g/mol. The monoisotopic (exact) mass is 536 g/mol. The quantitative estimate of drug-likeness (QED) is 0.237. The molecule has 2 N–H and O–H groups in total. The number of nitriles is 1. The van der Waals surface area contributed by atoms with E-state index in [1.54, 1.807) is 85.5 Å². The molecule has 3 aromatic carbocycles. The number of imidazole rings is 1. The molecule has 1 amide bonds. The van der Waals surface area contributed by atoms with Gasteiger partial charge in [0.1, 0.15) is 0 Å². The minimum Gasteiger partial charge on any atom is -0.369 e. The molecule has 0 aliphatic carbocycles. The Morgan fingerprint density at radius 2 is 1.75 bits per heavy atom. The smallest absolute Gasteiger partial charge is 0.265 e. The zero-order valence-electron chi connectivity index (χ0n) is 18.7. The molecule has 7 nitrogen and oxygen atoms in total. The molecule has 1 atom stereocenters. The van der Waals surface area contributed by atoms with E-state index in [0.29, 0.717) is 44.0 Å². The summed E-state index contributed by atoms with van der Waals surface area (Å²) in [6.07, 6.45) is 5.10. The number of anilines is 1. The van der Waals surface area contributed by atoms with Gasteiger partial charge in [-0.05, 0) is 66.2 Å². The summed E-state index contributed by atoms with van der Waals surface area (Å²) in [6.45, 7) is 0.363. The van der Waals surface area contributed by atoms with Crippen molar-refractivity contribution in [1.29, 1.82) is 5.26 Å². The van der Waals surface area contributed by atoms with E-state index in [0.717, 1.165) is 0 Å². The first-order valence-electron chi connectivity index (χ1n) is 10.7. The summed E-state index contributed by atoms with van der Waals surface area (Å²) < 4.78 is 1.83. The van der Waals surface area contributed by atoms with E-state index in [-0.39, 0.29) is 5.96 Å². The van der Waals surface area contributed by atoms with Crippen LogP contribution in [0.4, 0.5) is 5.69 Å². The van der Waals surface area contributed by atoms with Gasteiger partial charge in [0.15, 0.2) is 0 Å². The van der Waals surface area contributed by atoms with Gasteiger partial charge in [0.25, 0.3) is 5.91 Å². The number of hydrogen-bond donors (Lipinski definition) is 1. The molecular formula is C26H19Cl3N6O. The standard InChI is InChI=1S/C26H19Cl3N6O/c27-19-5-8-21(9-6-19)35(25(36)18-3-1-17(14-30)2-4-18)26(31)33-24(15-34-12-11-32-16-34)22-10-7-20(28)13-23(22)29/h1-13,16,24H,15H2,(H2,31,33)/t24-/m0/s1. The van der Waals surface area contributed by atoms with Gasteiger partial charge in [-0.2, -0.15) is 5.26 Å². The molecule has 36 heavy (non-hydrogen) atoms. The largest absolute Gasteiger partial charge is 0.369 e. The highest BCUT2D eigenvalue weighted by Gasteiger charge is 2.24. The van der Waals surface area contributed by atoms with Gasteiger partial charge in [-0.25, -0.2) is 14.9 Å². The number of rotatable bonds is 6. The first-order chi connectivity index (χ1) is 17.4. The normalized spacial score (nSPS) is 12.1. The summed E-state index contributed by atoms with van der Waals surface area (Å²) in [5.41, 5.74) is 8.42. The average Bonchev–Trinajstić information content (AvgIpc) is 3.38. The molecule has 0 unspecified atom stereocenters. The summed E-state index contributed by atoms with van der Waals surface area (Å²) in [7, 11) is 0. The molecule has 0 radical (unpaired) electrons. The van der Waals surface area contributed by atoms with Crippen LogP contribution in [-0.2, 0) is 6.54 Å². The van der Waals surface area contributed by atoms with Crippen molar-refractivity contribution in [2.24, 2.45) is 10.7 Å². The highest BCUT2D eigenvalue weighted by atomic mass is 35.5. The van der Waals surface area contributed by atoms with Crippen LogP contribution in [0.1, 0.15) is 27.5 Å². The third-order valence-corrected chi connectivity index (χ3v) is 6.14. The van der Waals surface area contributed by atoms with Gasteiger partial charge in [0.2, 0.25) is 5.96 Å². The van der Waals surface area contributed by atoms with Crippen molar-refractivity contribution in [3.63, 3.8) is 0 Å². The Morgan fingerprint density at radius 3 is 2.36 bits per heavy atom. The molecule has 1 heterocycles. The Morgan fingerprint density at radius 1 is 1.06 bits per heavy atom. The maximum atomic E-state index is 13.6. The fourth-order valence-electron chi connectivity index (χ4n) is 3.55. The fraction of sp³-hybridized carbons (Fsp3) is 0.0769. The number of hydrogen-bond acceptors (Lipinski definition) is 4. The maximum absolute atomic E-state index is 13.6. The highest BCUT2D eigenvalue weighted by Crippen LogP contribution is 2.30. The molecule has 0 fully saturated rings. The van der Waals surface area contributed by atoms with Gasteiger partial charge in [0.05, 0.1) is 36.2 Å². The molecule has 4 rings (SSSR count). The van der Waals surface area contributed by atoms with Crippen molar-refractivity contribution in [2.75, 3.05) is 4.90 Å². The Balaban J connectivity index is 1.79. The summed E-state index contributed by atoms with van der Waals surface area (Å²) in [6, 6.07) is 19.5. The first-order valence-corrected chi connectivity index (χ1v) is 11.8. The van der Waals surface area contributed by atoms with E-state index in [1.165, 1.54) is 4.90 Å². The molecule has 0 aliphatic heterocycles. The Kier molecular flexibility index (Phi) is 7.91. The van der Waals surface area contributed by atoms with Gasteiger partial charge < -0.3 is 10.3 Å². The van der Waals surface area contributed by atoms with Crippen molar-refractivity contribution in [1.82, 2.24) is 9.55 Å². The van der Waals surface area contributed by atoms with Crippen LogP contribution in [0.3, 0.4) is 0 Å². The minimum atomic E-state index is -0.562. The number of guanidine groups is 1. The number of nitrogens with zero attached hydrogens (tertiary/aromatic N) is 5. The van der Waals surface area contributed by atoms with Crippen molar-refractivity contribution in [3.8, 4) is 6.07 Å². The van der Waals surface area contributed by atoms with Crippen LogP contribution in [0.15, 0.2) is 90.4 Å². The highest BCUT2D eigenvalue weighted by molar-refractivity contribution is 6.35. The third-order valence-electron chi connectivity index (χ3n) is 5.33. The van der Waals surface area contributed by atoms with Crippen LogP contribution in [0.5, 0.6) is 0 Å². The van der Waals surface area contributed by atoms with E-state index >= 15 is 0 Å². The lowest BCUT2D eigenvalue weighted by Gasteiger charge is -2.24. The number of carbonyl (C=O) groups is 1. The third kappa shape index (κ3) is 5.86. The number of benzene rings is 3. The van der Waals surface area contributed by atoms with Crippen LogP contribution in [0.25, 0.3) is 0 Å². The van der Waals surface area contributed by atoms with Crippen molar-refractivity contribution in [2.45, 2.75) is 12.6 Å². The van der Waals surface area contributed by atoms with Gasteiger partial charge >= 0.3 is 0 Å². The summed E-state index contributed by atoms with van der Waals surface area (Å²) in [5.74, 6) is -0.477.